The van der Waals surface area contributed by atoms with Crippen LogP contribution in [-0.2, 0) is 0 Å². The van der Waals surface area contributed by atoms with E-state index in [9.17, 15) is 0 Å². The number of benzene rings is 1. The van der Waals surface area contributed by atoms with Gasteiger partial charge in [0.1, 0.15) is 0 Å². The van der Waals surface area contributed by atoms with E-state index in [4.69, 9.17) is 25.8 Å². The molecular formula is C11H15N3O3. The first-order chi connectivity index (χ1) is 8.09. The maximum atomic E-state index is 5.35. The summed E-state index contributed by atoms with van der Waals surface area (Å²) in [5.74, 6) is 1.80. The minimum atomic E-state index is -0.142. The van der Waals surface area contributed by atoms with Gasteiger partial charge >= 0.3 is 0 Å². The van der Waals surface area contributed by atoms with Crippen molar-refractivity contribution in [2.24, 2.45) is 16.6 Å². The normalized spacial score (nSPS) is 12.6. The van der Waals surface area contributed by atoms with Crippen LogP contribution in [0, 0.1) is 0 Å². The zero-order valence-corrected chi connectivity index (χ0v) is 9.77. The van der Waals surface area contributed by atoms with E-state index in [0.717, 1.165) is 5.56 Å². The van der Waals surface area contributed by atoms with E-state index in [0.29, 0.717) is 17.2 Å². The van der Waals surface area contributed by atoms with E-state index >= 15 is 0 Å². The van der Waals surface area contributed by atoms with E-state index in [1.165, 1.54) is 0 Å². The van der Waals surface area contributed by atoms with Crippen LogP contribution in [0.3, 0.4) is 0 Å². The molecule has 17 heavy (non-hydrogen) atoms. The third-order valence-electron chi connectivity index (χ3n) is 2.39. The standard InChI is InChI=1S/C11H15N3O3/c1-6(2)7-3-4-8-10(16-5-15-8)9(7)17-14-11(12)13/h3-4,6H,5H2,1-2H3,(H4,12,13,14). The molecule has 0 spiro atoms. The Bertz CT molecular complexity index is 454. The Labute approximate surface area is 99.1 Å². The molecule has 2 rings (SSSR count). The molecule has 0 fully saturated rings. The Kier molecular flexibility index (Phi) is 2.95. The van der Waals surface area contributed by atoms with Crippen molar-refractivity contribution in [1.82, 2.24) is 0 Å². The number of hydrogen-bond donors (Lipinski definition) is 2. The molecule has 0 saturated heterocycles. The first-order valence-corrected chi connectivity index (χ1v) is 5.28. The number of ether oxygens (including phenoxy) is 2. The Morgan fingerprint density at radius 2 is 2.12 bits per heavy atom. The van der Waals surface area contributed by atoms with Crippen LogP contribution in [0.1, 0.15) is 25.3 Å². The molecule has 0 saturated carbocycles. The third kappa shape index (κ3) is 2.20. The molecule has 0 radical (unpaired) electrons. The quantitative estimate of drug-likeness (QED) is 0.466. The number of oxime groups is 1. The second-order valence-corrected chi connectivity index (χ2v) is 3.98. The van der Waals surface area contributed by atoms with Gasteiger partial charge in [-0.3, -0.25) is 0 Å². The summed E-state index contributed by atoms with van der Waals surface area (Å²) in [7, 11) is 0. The largest absolute Gasteiger partial charge is 0.453 e. The summed E-state index contributed by atoms with van der Waals surface area (Å²) in [5, 5.41) is 3.55. The molecule has 0 aliphatic carbocycles. The molecule has 1 aromatic carbocycles. The van der Waals surface area contributed by atoms with Gasteiger partial charge in [-0.25, -0.2) is 0 Å². The Balaban J connectivity index is 2.44. The molecular weight excluding hydrogens is 222 g/mol. The Hall–Kier alpha value is -2.11. The zero-order chi connectivity index (χ0) is 12.4. The van der Waals surface area contributed by atoms with Crippen molar-refractivity contribution < 1.29 is 14.3 Å². The lowest BCUT2D eigenvalue weighted by molar-refractivity contribution is 0.170. The summed E-state index contributed by atoms with van der Waals surface area (Å²) in [6.45, 7) is 4.26. The fourth-order valence-corrected chi connectivity index (χ4v) is 1.61. The molecule has 0 unspecified atom stereocenters. The highest BCUT2D eigenvalue weighted by molar-refractivity contribution is 5.75. The molecule has 0 amide bonds. The maximum absolute atomic E-state index is 5.35. The first-order valence-electron chi connectivity index (χ1n) is 5.28. The lowest BCUT2D eigenvalue weighted by Crippen LogP contribution is -2.23. The van der Waals surface area contributed by atoms with Gasteiger partial charge in [0.05, 0.1) is 0 Å². The average Bonchev–Trinajstić information content (AvgIpc) is 2.73. The van der Waals surface area contributed by atoms with E-state index in [1.54, 1.807) is 0 Å². The van der Waals surface area contributed by atoms with Crippen molar-refractivity contribution in [2.45, 2.75) is 19.8 Å². The van der Waals surface area contributed by atoms with Gasteiger partial charge < -0.3 is 25.8 Å². The predicted octanol–water partition coefficient (Wildman–Crippen LogP) is 1.11. The van der Waals surface area contributed by atoms with Gasteiger partial charge in [-0.05, 0) is 17.1 Å². The molecule has 1 heterocycles. The Morgan fingerprint density at radius 3 is 2.76 bits per heavy atom. The van der Waals surface area contributed by atoms with Gasteiger partial charge in [0, 0.05) is 5.56 Å². The van der Waals surface area contributed by atoms with Gasteiger partial charge in [0.2, 0.25) is 24.3 Å². The molecule has 1 aliphatic rings. The topological polar surface area (TPSA) is 92.1 Å². The molecule has 6 heteroatoms. The van der Waals surface area contributed by atoms with Crippen LogP contribution in [0.2, 0.25) is 0 Å². The van der Waals surface area contributed by atoms with Gasteiger partial charge in [0.15, 0.2) is 5.75 Å². The van der Waals surface area contributed by atoms with Crippen LogP contribution >= 0.6 is 0 Å². The Morgan fingerprint density at radius 1 is 1.35 bits per heavy atom. The van der Waals surface area contributed by atoms with Crippen molar-refractivity contribution in [2.75, 3.05) is 6.79 Å². The van der Waals surface area contributed by atoms with Gasteiger partial charge in [-0.1, -0.05) is 19.9 Å². The number of fused-ring (bicyclic) bond motifs is 1. The minimum absolute atomic E-state index is 0.142. The van der Waals surface area contributed by atoms with Crippen molar-refractivity contribution in [1.29, 1.82) is 0 Å². The predicted molar refractivity (Wildman–Crippen MR) is 63.1 cm³/mol. The molecule has 1 aromatic rings. The molecule has 0 aromatic heterocycles. The molecule has 1 aliphatic heterocycles. The summed E-state index contributed by atoms with van der Waals surface area (Å²) in [6, 6.07) is 3.76. The summed E-state index contributed by atoms with van der Waals surface area (Å²) in [6.07, 6.45) is 0. The molecule has 0 bridgehead atoms. The van der Waals surface area contributed by atoms with Crippen LogP contribution < -0.4 is 25.8 Å². The minimum Gasteiger partial charge on any atom is -0.453 e. The highest BCUT2D eigenvalue weighted by Gasteiger charge is 2.24. The highest BCUT2D eigenvalue weighted by atomic mass is 16.7. The first kappa shape index (κ1) is 11.4. The average molecular weight is 237 g/mol. The highest BCUT2D eigenvalue weighted by Crippen LogP contribution is 2.45. The SMILES string of the molecule is CC(C)c1ccc2c(c1ON=C(N)N)OCO2. The van der Waals surface area contributed by atoms with Crippen LogP contribution in [0.4, 0.5) is 0 Å². The number of guanidine groups is 1. The summed E-state index contributed by atoms with van der Waals surface area (Å²) in [4.78, 5) is 5.24. The number of hydrogen-bond acceptors (Lipinski definition) is 4. The molecule has 6 nitrogen and oxygen atoms in total. The van der Waals surface area contributed by atoms with Crippen LogP contribution in [0.15, 0.2) is 17.3 Å². The number of nitrogens with two attached hydrogens (primary N) is 2. The summed E-state index contributed by atoms with van der Waals surface area (Å²) in [5.41, 5.74) is 11.4. The van der Waals surface area contributed by atoms with Crippen LogP contribution in [0.25, 0.3) is 0 Å². The van der Waals surface area contributed by atoms with Crippen molar-refractivity contribution >= 4 is 5.96 Å². The van der Waals surface area contributed by atoms with Crippen molar-refractivity contribution in [3.8, 4) is 17.2 Å². The van der Waals surface area contributed by atoms with Gasteiger partial charge in [-0.2, -0.15) is 0 Å². The monoisotopic (exact) mass is 237 g/mol. The number of rotatable bonds is 3. The van der Waals surface area contributed by atoms with Crippen molar-refractivity contribution in [3.05, 3.63) is 17.7 Å². The smallest absolute Gasteiger partial charge is 0.231 e. The second-order valence-electron chi connectivity index (χ2n) is 3.98. The van der Waals surface area contributed by atoms with Crippen LogP contribution in [0.5, 0.6) is 17.2 Å². The fraction of sp³-hybridized carbons (Fsp3) is 0.364. The maximum Gasteiger partial charge on any atom is 0.231 e. The zero-order valence-electron chi connectivity index (χ0n) is 9.77. The third-order valence-corrected chi connectivity index (χ3v) is 2.39. The molecule has 0 atom stereocenters. The van der Waals surface area contributed by atoms with Crippen LogP contribution in [-0.4, -0.2) is 12.8 Å². The second kappa shape index (κ2) is 4.40. The molecule has 4 N–H and O–H groups in total. The van der Waals surface area contributed by atoms with E-state index in [-0.39, 0.29) is 18.7 Å². The van der Waals surface area contributed by atoms with E-state index < -0.39 is 0 Å². The summed E-state index contributed by atoms with van der Waals surface area (Å²) < 4.78 is 10.6. The lowest BCUT2D eigenvalue weighted by atomic mass is 10.0. The van der Waals surface area contributed by atoms with Gasteiger partial charge in [-0.15, -0.1) is 0 Å². The molecule has 92 valence electrons. The fourth-order valence-electron chi connectivity index (χ4n) is 1.61. The van der Waals surface area contributed by atoms with Crippen molar-refractivity contribution in [3.63, 3.8) is 0 Å². The number of nitrogens with zero attached hydrogens (tertiary/aromatic N) is 1. The van der Waals surface area contributed by atoms with Gasteiger partial charge in [0.25, 0.3) is 0 Å². The van der Waals surface area contributed by atoms with E-state index in [2.05, 4.69) is 5.16 Å². The summed E-state index contributed by atoms with van der Waals surface area (Å²) >= 11 is 0. The van der Waals surface area contributed by atoms with E-state index in [1.807, 2.05) is 26.0 Å². The lowest BCUT2D eigenvalue weighted by Gasteiger charge is -2.12.